The fourth-order valence-electron chi connectivity index (χ4n) is 1.78. The normalized spacial score (nSPS) is 13.5. The van der Waals surface area contributed by atoms with Crippen molar-refractivity contribution in [1.29, 1.82) is 0 Å². The summed E-state index contributed by atoms with van der Waals surface area (Å²) in [7, 11) is 1.85. The second kappa shape index (κ2) is 7.31. The van der Waals surface area contributed by atoms with Gasteiger partial charge in [0.1, 0.15) is 0 Å². The van der Waals surface area contributed by atoms with Crippen LogP contribution in [0.1, 0.15) is 46.7 Å². The lowest BCUT2D eigenvalue weighted by atomic mass is 10.0. The molecule has 1 aromatic rings. The van der Waals surface area contributed by atoms with Gasteiger partial charge in [-0.1, -0.05) is 32.5 Å². The van der Waals surface area contributed by atoms with E-state index in [1.165, 1.54) is 11.8 Å². The van der Waals surface area contributed by atoms with Crippen molar-refractivity contribution in [1.82, 2.24) is 14.9 Å². The topological polar surface area (TPSA) is 67.2 Å². The molecule has 0 saturated heterocycles. The van der Waals surface area contributed by atoms with Crippen molar-refractivity contribution in [2.45, 2.75) is 63.6 Å². The van der Waals surface area contributed by atoms with Gasteiger partial charge >= 0.3 is 0 Å². The maximum absolute atomic E-state index is 12.5. The van der Waals surface area contributed by atoms with E-state index in [1.54, 1.807) is 6.20 Å². The highest BCUT2D eigenvalue weighted by molar-refractivity contribution is 8.00. The number of thioether (sulfide) groups is 1. The second-order valence-corrected chi connectivity index (χ2v) is 7.37. The Morgan fingerprint density at radius 1 is 1.52 bits per heavy atom. The number of aliphatic hydroxyl groups excluding tert-OH is 1. The van der Waals surface area contributed by atoms with Gasteiger partial charge in [0.15, 0.2) is 5.16 Å². The highest BCUT2D eigenvalue weighted by Gasteiger charge is 2.29. The predicted octanol–water partition coefficient (Wildman–Crippen LogP) is 2.33. The van der Waals surface area contributed by atoms with E-state index in [0.717, 1.165) is 17.3 Å². The largest absolute Gasteiger partial charge is 0.390 e. The SMILES string of the molecule is CCC(C)(C)NC(=O)C(Sc1ncc(CO)n1C)C(C)C. The molecule has 1 rings (SSSR count). The van der Waals surface area contributed by atoms with Gasteiger partial charge in [0.2, 0.25) is 5.91 Å². The summed E-state index contributed by atoms with van der Waals surface area (Å²) in [5.41, 5.74) is 0.539. The van der Waals surface area contributed by atoms with E-state index in [2.05, 4.69) is 17.2 Å². The lowest BCUT2D eigenvalue weighted by Crippen LogP contribution is -2.47. The summed E-state index contributed by atoms with van der Waals surface area (Å²) in [6.45, 7) is 10.1. The first-order chi connectivity index (χ1) is 9.71. The summed E-state index contributed by atoms with van der Waals surface area (Å²) < 4.78 is 1.83. The Kier molecular flexibility index (Phi) is 6.28. The molecule has 0 fully saturated rings. The summed E-state index contributed by atoms with van der Waals surface area (Å²) in [4.78, 5) is 16.8. The average Bonchev–Trinajstić information content (AvgIpc) is 2.75. The third-order valence-corrected chi connectivity index (χ3v) is 5.25. The number of imidazole rings is 1. The number of hydrogen-bond acceptors (Lipinski definition) is 4. The average molecular weight is 313 g/mol. The lowest BCUT2D eigenvalue weighted by Gasteiger charge is -2.28. The molecule has 0 bridgehead atoms. The maximum Gasteiger partial charge on any atom is 0.234 e. The Hall–Kier alpha value is -1.01. The van der Waals surface area contributed by atoms with E-state index < -0.39 is 0 Å². The Balaban J connectivity index is 2.87. The minimum atomic E-state index is -0.206. The van der Waals surface area contributed by atoms with Crippen molar-refractivity contribution in [3.8, 4) is 0 Å². The van der Waals surface area contributed by atoms with Crippen LogP contribution in [0.4, 0.5) is 0 Å². The van der Waals surface area contributed by atoms with Gasteiger partial charge in [-0.15, -0.1) is 0 Å². The van der Waals surface area contributed by atoms with E-state index in [-0.39, 0.29) is 29.2 Å². The summed E-state index contributed by atoms with van der Waals surface area (Å²) in [6, 6.07) is 0. The van der Waals surface area contributed by atoms with Crippen molar-refractivity contribution < 1.29 is 9.90 Å². The fraction of sp³-hybridized carbons (Fsp3) is 0.733. The molecular weight excluding hydrogens is 286 g/mol. The molecule has 0 spiro atoms. The smallest absolute Gasteiger partial charge is 0.234 e. The standard InChI is InChI=1S/C15H27N3O2S/c1-7-15(4,5)17-13(20)12(10(2)3)21-14-16-8-11(9-19)18(14)6/h8,10,12,19H,7,9H2,1-6H3,(H,17,20). The molecule has 1 aromatic heterocycles. The van der Waals surface area contributed by atoms with Crippen LogP contribution in [0.3, 0.4) is 0 Å². The number of hydrogen-bond donors (Lipinski definition) is 2. The molecular formula is C15H27N3O2S. The fourth-order valence-corrected chi connectivity index (χ4v) is 2.84. The van der Waals surface area contributed by atoms with E-state index in [1.807, 2.05) is 39.3 Å². The first-order valence-corrected chi connectivity index (χ1v) is 8.20. The van der Waals surface area contributed by atoms with Crippen molar-refractivity contribution in [3.63, 3.8) is 0 Å². The third kappa shape index (κ3) is 4.74. The summed E-state index contributed by atoms with van der Waals surface area (Å²) in [5, 5.41) is 12.9. The molecule has 0 aliphatic heterocycles. The van der Waals surface area contributed by atoms with E-state index in [4.69, 9.17) is 0 Å². The van der Waals surface area contributed by atoms with Gasteiger partial charge in [0.05, 0.1) is 23.7 Å². The molecule has 1 heterocycles. The zero-order valence-corrected chi connectivity index (χ0v) is 14.6. The Morgan fingerprint density at radius 2 is 2.14 bits per heavy atom. The van der Waals surface area contributed by atoms with Gasteiger partial charge in [-0.2, -0.15) is 0 Å². The number of aliphatic hydroxyl groups is 1. The molecule has 1 amide bonds. The Labute approximate surface area is 131 Å². The minimum absolute atomic E-state index is 0.0374. The third-order valence-electron chi connectivity index (χ3n) is 3.65. The molecule has 2 N–H and O–H groups in total. The van der Waals surface area contributed by atoms with Crippen LogP contribution >= 0.6 is 11.8 Å². The molecule has 0 radical (unpaired) electrons. The zero-order chi connectivity index (χ0) is 16.2. The predicted molar refractivity (Wildman–Crippen MR) is 86.1 cm³/mol. The van der Waals surface area contributed by atoms with Crippen LogP contribution in [0, 0.1) is 5.92 Å². The van der Waals surface area contributed by atoms with Crippen molar-refractivity contribution in [2.24, 2.45) is 13.0 Å². The quantitative estimate of drug-likeness (QED) is 0.758. The number of nitrogens with one attached hydrogen (secondary N) is 1. The van der Waals surface area contributed by atoms with Crippen LogP contribution in [-0.2, 0) is 18.4 Å². The van der Waals surface area contributed by atoms with Crippen molar-refractivity contribution in [3.05, 3.63) is 11.9 Å². The van der Waals surface area contributed by atoms with Crippen LogP contribution in [-0.4, -0.2) is 31.4 Å². The van der Waals surface area contributed by atoms with Gasteiger partial charge in [0, 0.05) is 12.6 Å². The van der Waals surface area contributed by atoms with Crippen LogP contribution in [0.15, 0.2) is 11.4 Å². The number of aromatic nitrogens is 2. The molecule has 6 heteroatoms. The summed E-state index contributed by atoms with van der Waals surface area (Å²) in [6.07, 6.45) is 2.53. The number of carbonyl (C=O) groups excluding carboxylic acids is 1. The Bertz CT molecular complexity index is 483. The van der Waals surface area contributed by atoms with E-state index in [9.17, 15) is 9.90 Å². The van der Waals surface area contributed by atoms with E-state index in [0.29, 0.717) is 0 Å². The van der Waals surface area contributed by atoms with Gasteiger partial charge in [-0.3, -0.25) is 4.79 Å². The molecule has 1 atom stereocenters. The summed E-state index contributed by atoms with van der Waals surface area (Å²) >= 11 is 1.45. The molecule has 120 valence electrons. The van der Waals surface area contributed by atoms with Crippen LogP contribution in [0.25, 0.3) is 0 Å². The Morgan fingerprint density at radius 3 is 2.57 bits per heavy atom. The number of nitrogens with zero attached hydrogens (tertiary/aromatic N) is 2. The first-order valence-electron chi connectivity index (χ1n) is 7.32. The van der Waals surface area contributed by atoms with Gasteiger partial charge < -0.3 is 15.0 Å². The van der Waals surface area contributed by atoms with E-state index >= 15 is 0 Å². The number of carbonyl (C=O) groups is 1. The van der Waals surface area contributed by atoms with Gasteiger partial charge in [-0.05, 0) is 26.2 Å². The molecule has 1 unspecified atom stereocenters. The molecule has 0 aromatic carbocycles. The number of amides is 1. The molecule has 0 saturated carbocycles. The van der Waals surface area contributed by atoms with Crippen LogP contribution in [0.5, 0.6) is 0 Å². The monoisotopic (exact) mass is 313 g/mol. The molecule has 0 aliphatic rings. The van der Waals surface area contributed by atoms with Crippen molar-refractivity contribution >= 4 is 17.7 Å². The van der Waals surface area contributed by atoms with Crippen molar-refractivity contribution in [2.75, 3.05) is 0 Å². The molecule has 0 aliphatic carbocycles. The molecule has 21 heavy (non-hydrogen) atoms. The van der Waals surface area contributed by atoms with Crippen LogP contribution < -0.4 is 5.32 Å². The number of rotatable bonds is 7. The molecule has 5 nitrogen and oxygen atoms in total. The minimum Gasteiger partial charge on any atom is -0.390 e. The van der Waals surface area contributed by atoms with Gasteiger partial charge in [-0.25, -0.2) is 4.98 Å². The highest BCUT2D eigenvalue weighted by atomic mass is 32.2. The second-order valence-electron chi connectivity index (χ2n) is 6.26. The lowest BCUT2D eigenvalue weighted by molar-refractivity contribution is -0.122. The maximum atomic E-state index is 12.5. The van der Waals surface area contributed by atoms with Crippen LogP contribution in [0.2, 0.25) is 0 Å². The first kappa shape index (κ1) is 18.0. The summed E-state index contributed by atoms with van der Waals surface area (Å²) in [5.74, 6) is 0.229. The van der Waals surface area contributed by atoms with Gasteiger partial charge in [0.25, 0.3) is 0 Å². The zero-order valence-electron chi connectivity index (χ0n) is 13.8. The highest BCUT2D eigenvalue weighted by Crippen LogP contribution is 2.28.